The van der Waals surface area contributed by atoms with Crippen molar-refractivity contribution in [1.82, 2.24) is 10.2 Å². The SMILES string of the molecule is O=C(O)C1C2CCC(C2)C1NC(=O)N(CCO)C1CCC1. The largest absolute Gasteiger partial charge is 0.481 e. The molecule has 4 atom stereocenters. The van der Waals surface area contributed by atoms with Gasteiger partial charge in [0.2, 0.25) is 0 Å². The average molecular weight is 296 g/mol. The van der Waals surface area contributed by atoms with E-state index in [9.17, 15) is 14.7 Å². The molecule has 4 unspecified atom stereocenters. The van der Waals surface area contributed by atoms with Crippen molar-refractivity contribution in [1.29, 1.82) is 0 Å². The molecule has 3 saturated carbocycles. The number of rotatable bonds is 5. The topological polar surface area (TPSA) is 89.9 Å². The Labute approximate surface area is 124 Å². The van der Waals surface area contributed by atoms with Gasteiger partial charge < -0.3 is 20.4 Å². The molecule has 3 aliphatic rings. The van der Waals surface area contributed by atoms with Crippen LogP contribution in [0.3, 0.4) is 0 Å². The highest BCUT2D eigenvalue weighted by atomic mass is 16.4. The minimum absolute atomic E-state index is 0.0526. The zero-order chi connectivity index (χ0) is 15.0. The molecule has 0 aromatic carbocycles. The Morgan fingerprint density at radius 1 is 1.14 bits per heavy atom. The van der Waals surface area contributed by atoms with Gasteiger partial charge >= 0.3 is 12.0 Å². The number of urea groups is 1. The summed E-state index contributed by atoms with van der Waals surface area (Å²) in [5.74, 6) is -0.708. The van der Waals surface area contributed by atoms with E-state index in [2.05, 4.69) is 5.32 Å². The molecule has 6 heteroatoms. The van der Waals surface area contributed by atoms with Crippen LogP contribution in [0.25, 0.3) is 0 Å². The van der Waals surface area contributed by atoms with Gasteiger partial charge in [0.1, 0.15) is 0 Å². The highest BCUT2D eigenvalue weighted by molar-refractivity contribution is 5.78. The lowest BCUT2D eigenvalue weighted by Crippen LogP contribution is -2.55. The number of carboxylic acid groups (broad SMARTS) is 1. The normalized spacial score (nSPS) is 34.5. The predicted octanol–water partition coefficient (Wildman–Crippen LogP) is 1.04. The van der Waals surface area contributed by atoms with Crippen LogP contribution in [-0.2, 0) is 4.79 Å². The quantitative estimate of drug-likeness (QED) is 0.707. The van der Waals surface area contributed by atoms with E-state index in [1.807, 2.05) is 0 Å². The Morgan fingerprint density at radius 2 is 1.86 bits per heavy atom. The Bertz CT molecular complexity index is 424. The lowest BCUT2D eigenvalue weighted by atomic mass is 9.84. The highest BCUT2D eigenvalue weighted by Gasteiger charge is 2.52. The average Bonchev–Trinajstić information content (AvgIpc) is 2.96. The summed E-state index contributed by atoms with van der Waals surface area (Å²) in [6.07, 6.45) is 5.98. The third-order valence-electron chi connectivity index (χ3n) is 5.61. The van der Waals surface area contributed by atoms with E-state index < -0.39 is 11.9 Å². The molecule has 3 fully saturated rings. The van der Waals surface area contributed by atoms with Gasteiger partial charge in [-0.3, -0.25) is 4.79 Å². The first-order chi connectivity index (χ1) is 10.1. The zero-order valence-corrected chi connectivity index (χ0v) is 12.2. The van der Waals surface area contributed by atoms with Crippen molar-refractivity contribution in [2.45, 2.75) is 50.6 Å². The van der Waals surface area contributed by atoms with E-state index >= 15 is 0 Å². The summed E-state index contributed by atoms with van der Waals surface area (Å²) < 4.78 is 0. The first-order valence-electron chi connectivity index (χ1n) is 8.02. The van der Waals surface area contributed by atoms with Crippen molar-refractivity contribution >= 4 is 12.0 Å². The standard InChI is InChI=1S/C15H24N2O4/c18-7-6-17(11-2-1-3-11)15(21)16-13-10-5-4-9(8-10)12(13)14(19)20/h9-13,18H,1-8H2,(H,16,21)(H,19,20). The number of aliphatic hydroxyl groups is 1. The van der Waals surface area contributed by atoms with Crippen molar-refractivity contribution in [2.75, 3.05) is 13.2 Å². The summed E-state index contributed by atoms with van der Waals surface area (Å²) in [6, 6.07) is -0.230. The number of hydrogen-bond acceptors (Lipinski definition) is 3. The van der Waals surface area contributed by atoms with E-state index in [1.165, 1.54) is 0 Å². The zero-order valence-electron chi connectivity index (χ0n) is 12.2. The first kappa shape index (κ1) is 14.6. The Morgan fingerprint density at radius 3 is 2.43 bits per heavy atom. The van der Waals surface area contributed by atoms with Crippen LogP contribution in [-0.4, -0.2) is 52.3 Å². The van der Waals surface area contributed by atoms with Gasteiger partial charge in [-0.15, -0.1) is 0 Å². The minimum Gasteiger partial charge on any atom is -0.481 e. The van der Waals surface area contributed by atoms with Gasteiger partial charge in [0.25, 0.3) is 0 Å². The van der Waals surface area contributed by atoms with Gasteiger partial charge in [-0.05, 0) is 50.4 Å². The molecule has 0 aromatic heterocycles. The molecule has 21 heavy (non-hydrogen) atoms. The van der Waals surface area contributed by atoms with Crippen LogP contribution in [0.1, 0.15) is 38.5 Å². The molecule has 0 saturated heterocycles. The van der Waals surface area contributed by atoms with Gasteiger partial charge in [0, 0.05) is 18.6 Å². The van der Waals surface area contributed by atoms with Crippen molar-refractivity contribution in [3.8, 4) is 0 Å². The third-order valence-corrected chi connectivity index (χ3v) is 5.61. The van der Waals surface area contributed by atoms with Crippen molar-refractivity contribution in [3.05, 3.63) is 0 Å². The maximum Gasteiger partial charge on any atom is 0.317 e. The minimum atomic E-state index is -0.787. The molecule has 118 valence electrons. The molecule has 0 aromatic rings. The summed E-state index contributed by atoms with van der Waals surface area (Å²) in [6.45, 7) is 0.276. The van der Waals surface area contributed by atoms with Crippen LogP contribution in [0, 0.1) is 17.8 Å². The number of carbonyl (C=O) groups excluding carboxylic acids is 1. The van der Waals surface area contributed by atoms with Crippen LogP contribution in [0.2, 0.25) is 0 Å². The molecule has 6 nitrogen and oxygen atoms in total. The first-order valence-corrected chi connectivity index (χ1v) is 8.02. The Kier molecular flexibility index (Phi) is 4.06. The lowest BCUT2D eigenvalue weighted by Gasteiger charge is -2.39. The van der Waals surface area contributed by atoms with E-state index in [-0.39, 0.29) is 30.6 Å². The summed E-state index contributed by atoms with van der Waals surface area (Å²) in [5.41, 5.74) is 0. The second-order valence-corrected chi connectivity index (χ2v) is 6.67. The fourth-order valence-electron chi connectivity index (χ4n) is 4.34. The fourth-order valence-corrected chi connectivity index (χ4v) is 4.34. The summed E-state index contributed by atoms with van der Waals surface area (Å²) in [5, 5.41) is 21.5. The number of carboxylic acids is 1. The van der Waals surface area contributed by atoms with E-state index in [4.69, 9.17) is 5.11 Å². The highest BCUT2D eigenvalue weighted by Crippen LogP contribution is 2.48. The number of fused-ring (bicyclic) bond motifs is 2. The Hall–Kier alpha value is -1.30. The molecule has 0 aliphatic heterocycles. The number of carbonyl (C=O) groups is 2. The smallest absolute Gasteiger partial charge is 0.317 e. The van der Waals surface area contributed by atoms with Crippen LogP contribution in [0.5, 0.6) is 0 Å². The van der Waals surface area contributed by atoms with Gasteiger partial charge in [0.15, 0.2) is 0 Å². The fraction of sp³-hybridized carbons (Fsp3) is 0.867. The maximum atomic E-state index is 12.5. The number of amides is 2. The van der Waals surface area contributed by atoms with Crippen LogP contribution >= 0.6 is 0 Å². The van der Waals surface area contributed by atoms with Gasteiger partial charge in [-0.2, -0.15) is 0 Å². The second-order valence-electron chi connectivity index (χ2n) is 6.67. The number of nitrogens with one attached hydrogen (secondary N) is 1. The molecule has 0 spiro atoms. The van der Waals surface area contributed by atoms with Crippen LogP contribution in [0.4, 0.5) is 4.79 Å². The predicted molar refractivity (Wildman–Crippen MR) is 75.7 cm³/mol. The van der Waals surface area contributed by atoms with Crippen molar-refractivity contribution in [2.24, 2.45) is 17.8 Å². The Balaban J connectivity index is 1.66. The number of nitrogens with zero attached hydrogens (tertiary/aromatic N) is 1. The second kappa shape index (κ2) is 5.83. The monoisotopic (exact) mass is 296 g/mol. The molecule has 3 aliphatic carbocycles. The van der Waals surface area contributed by atoms with E-state index in [1.54, 1.807) is 4.90 Å². The maximum absolute atomic E-state index is 12.5. The number of aliphatic carboxylic acids is 1. The van der Waals surface area contributed by atoms with E-state index in [0.29, 0.717) is 12.5 Å². The van der Waals surface area contributed by atoms with Crippen LogP contribution < -0.4 is 5.32 Å². The summed E-state index contributed by atoms with van der Waals surface area (Å²) in [4.78, 5) is 25.6. The molecule has 0 heterocycles. The molecule has 3 N–H and O–H groups in total. The van der Waals surface area contributed by atoms with Crippen molar-refractivity contribution in [3.63, 3.8) is 0 Å². The number of hydrogen-bond donors (Lipinski definition) is 3. The molecule has 3 rings (SSSR count). The van der Waals surface area contributed by atoms with E-state index in [0.717, 1.165) is 38.5 Å². The molecule has 2 amide bonds. The van der Waals surface area contributed by atoms with Crippen LogP contribution in [0.15, 0.2) is 0 Å². The number of aliphatic hydroxyl groups excluding tert-OH is 1. The molecule has 2 bridgehead atoms. The molecular formula is C15H24N2O4. The van der Waals surface area contributed by atoms with Gasteiger partial charge in [-0.25, -0.2) is 4.79 Å². The summed E-state index contributed by atoms with van der Waals surface area (Å²) in [7, 11) is 0. The third kappa shape index (κ3) is 2.61. The van der Waals surface area contributed by atoms with Gasteiger partial charge in [-0.1, -0.05) is 0 Å². The molecule has 0 radical (unpaired) electrons. The van der Waals surface area contributed by atoms with Gasteiger partial charge in [0.05, 0.1) is 12.5 Å². The molecular weight excluding hydrogens is 272 g/mol. The lowest BCUT2D eigenvalue weighted by molar-refractivity contribution is -0.144. The summed E-state index contributed by atoms with van der Waals surface area (Å²) >= 11 is 0. The van der Waals surface area contributed by atoms with Crippen molar-refractivity contribution < 1.29 is 19.8 Å².